The average molecular weight is 275 g/mol. The fourth-order valence-corrected chi connectivity index (χ4v) is 2.82. The normalized spacial score (nSPS) is 17.1. The number of likely N-dealkylation sites (N-methyl/N-ethyl adjacent to an activating group) is 1. The van der Waals surface area contributed by atoms with E-state index in [2.05, 4.69) is 25.8 Å². The summed E-state index contributed by atoms with van der Waals surface area (Å²) < 4.78 is 5.56. The predicted octanol–water partition coefficient (Wildman–Crippen LogP) is 3.35. The van der Waals surface area contributed by atoms with E-state index in [1.807, 2.05) is 18.2 Å². The Kier molecular flexibility index (Phi) is 4.81. The zero-order valence-electron chi connectivity index (χ0n) is 12.8. The van der Waals surface area contributed by atoms with Gasteiger partial charge < -0.3 is 4.74 Å². The summed E-state index contributed by atoms with van der Waals surface area (Å²) in [4.78, 5) is 14.4. The maximum atomic E-state index is 12.0. The number of carbonyl (C=O) groups excluding carboxylic acids is 1. The summed E-state index contributed by atoms with van der Waals surface area (Å²) in [6, 6.07) is 9.23. The standard InChI is InChI=1S/C17H25NO2/c1-14(2)12-18(3)17(10-7-11-17)13-20-16(19)15-8-5-4-6-9-15/h4-6,8-9,14H,7,10-13H2,1-3H3. The number of esters is 1. The van der Waals surface area contributed by atoms with Crippen molar-refractivity contribution in [3.63, 3.8) is 0 Å². The van der Waals surface area contributed by atoms with E-state index >= 15 is 0 Å². The third-order valence-corrected chi connectivity index (χ3v) is 4.21. The van der Waals surface area contributed by atoms with E-state index in [-0.39, 0.29) is 11.5 Å². The van der Waals surface area contributed by atoms with Crippen LogP contribution >= 0.6 is 0 Å². The SMILES string of the molecule is CC(C)CN(C)C1(COC(=O)c2ccccc2)CCC1. The molecule has 0 spiro atoms. The molecule has 0 radical (unpaired) electrons. The van der Waals surface area contributed by atoms with E-state index in [9.17, 15) is 4.79 Å². The van der Waals surface area contributed by atoms with E-state index in [0.717, 1.165) is 19.4 Å². The number of nitrogens with zero attached hydrogens (tertiary/aromatic N) is 1. The lowest BCUT2D eigenvalue weighted by atomic mass is 9.76. The molecular weight excluding hydrogens is 250 g/mol. The summed E-state index contributed by atoms with van der Waals surface area (Å²) in [5.74, 6) is 0.414. The van der Waals surface area contributed by atoms with Crippen molar-refractivity contribution in [1.82, 2.24) is 4.90 Å². The Labute approximate surface area is 121 Å². The van der Waals surface area contributed by atoms with Gasteiger partial charge in [0, 0.05) is 6.54 Å². The van der Waals surface area contributed by atoms with Crippen LogP contribution in [0.15, 0.2) is 30.3 Å². The van der Waals surface area contributed by atoms with Crippen molar-refractivity contribution in [1.29, 1.82) is 0 Å². The number of rotatable bonds is 6. The number of hydrogen-bond donors (Lipinski definition) is 0. The van der Waals surface area contributed by atoms with Gasteiger partial charge in [0.05, 0.1) is 11.1 Å². The van der Waals surface area contributed by atoms with Crippen LogP contribution in [0.2, 0.25) is 0 Å². The van der Waals surface area contributed by atoms with Crippen LogP contribution in [0.3, 0.4) is 0 Å². The van der Waals surface area contributed by atoms with Gasteiger partial charge in [0.1, 0.15) is 6.61 Å². The minimum atomic E-state index is -0.213. The Morgan fingerprint density at radius 2 is 1.95 bits per heavy atom. The molecule has 0 N–H and O–H groups in total. The number of carbonyl (C=O) groups is 1. The Hall–Kier alpha value is -1.35. The molecule has 3 heteroatoms. The van der Waals surface area contributed by atoms with Crippen molar-refractivity contribution in [2.24, 2.45) is 5.92 Å². The zero-order valence-corrected chi connectivity index (χ0v) is 12.8. The van der Waals surface area contributed by atoms with Crippen LogP contribution in [0.5, 0.6) is 0 Å². The molecule has 0 amide bonds. The molecule has 20 heavy (non-hydrogen) atoms. The zero-order chi connectivity index (χ0) is 14.6. The Morgan fingerprint density at radius 1 is 1.30 bits per heavy atom. The van der Waals surface area contributed by atoms with Crippen molar-refractivity contribution < 1.29 is 9.53 Å². The Morgan fingerprint density at radius 3 is 2.45 bits per heavy atom. The second kappa shape index (κ2) is 6.40. The minimum absolute atomic E-state index is 0.0642. The van der Waals surface area contributed by atoms with Gasteiger partial charge >= 0.3 is 5.97 Å². The van der Waals surface area contributed by atoms with Crippen LogP contribution in [0.25, 0.3) is 0 Å². The van der Waals surface area contributed by atoms with Crippen LogP contribution in [-0.4, -0.2) is 36.6 Å². The summed E-state index contributed by atoms with van der Waals surface area (Å²) in [7, 11) is 2.15. The quantitative estimate of drug-likeness (QED) is 0.746. The molecule has 2 rings (SSSR count). The topological polar surface area (TPSA) is 29.5 Å². The van der Waals surface area contributed by atoms with Gasteiger partial charge in [-0.25, -0.2) is 4.79 Å². The van der Waals surface area contributed by atoms with Gasteiger partial charge in [0.2, 0.25) is 0 Å². The monoisotopic (exact) mass is 275 g/mol. The van der Waals surface area contributed by atoms with Gasteiger partial charge in [0.25, 0.3) is 0 Å². The molecule has 0 aliphatic heterocycles. The summed E-state index contributed by atoms with van der Waals surface area (Å²) in [5.41, 5.74) is 0.697. The van der Waals surface area contributed by atoms with E-state index in [0.29, 0.717) is 18.1 Å². The first-order valence-electron chi connectivity index (χ1n) is 7.47. The predicted molar refractivity (Wildman–Crippen MR) is 80.8 cm³/mol. The molecule has 0 bridgehead atoms. The van der Waals surface area contributed by atoms with E-state index in [1.54, 1.807) is 12.1 Å². The first-order chi connectivity index (χ1) is 9.53. The summed E-state index contributed by atoms with van der Waals surface area (Å²) in [5, 5.41) is 0. The van der Waals surface area contributed by atoms with Crippen molar-refractivity contribution in [2.45, 2.75) is 38.6 Å². The van der Waals surface area contributed by atoms with Crippen molar-refractivity contribution in [3.8, 4) is 0 Å². The van der Waals surface area contributed by atoms with Crippen LogP contribution in [0.1, 0.15) is 43.5 Å². The van der Waals surface area contributed by atoms with Gasteiger partial charge in [-0.1, -0.05) is 32.0 Å². The molecule has 0 saturated heterocycles. The molecule has 3 nitrogen and oxygen atoms in total. The summed E-state index contributed by atoms with van der Waals surface area (Å²) in [6.45, 7) is 5.99. The second-order valence-corrected chi connectivity index (χ2v) is 6.29. The molecule has 1 aromatic rings. The lowest BCUT2D eigenvalue weighted by Gasteiger charge is -2.48. The highest BCUT2D eigenvalue weighted by molar-refractivity contribution is 5.89. The van der Waals surface area contributed by atoms with Crippen molar-refractivity contribution in [2.75, 3.05) is 20.2 Å². The van der Waals surface area contributed by atoms with Gasteiger partial charge in [-0.2, -0.15) is 0 Å². The Balaban J connectivity index is 1.92. The number of benzene rings is 1. The largest absolute Gasteiger partial charge is 0.460 e. The van der Waals surface area contributed by atoms with Crippen molar-refractivity contribution in [3.05, 3.63) is 35.9 Å². The highest BCUT2D eigenvalue weighted by Gasteiger charge is 2.42. The third-order valence-electron chi connectivity index (χ3n) is 4.21. The van der Waals surface area contributed by atoms with Crippen LogP contribution < -0.4 is 0 Å². The average Bonchev–Trinajstić information content (AvgIpc) is 2.37. The van der Waals surface area contributed by atoms with Gasteiger partial charge in [-0.15, -0.1) is 0 Å². The first-order valence-corrected chi connectivity index (χ1v) is 7.47. The van der Waals surface area contributed by atoms with Gasteiger partial charge in [0.15, 0.2) is 0 Å². The van der Waals surface area contributed by atoms with Crippen LogP contribution in [0.4, 0.5) is 0 Å². The third kappa shape index (κ3) is 3.40. The molecule has 0 aromatic heterocycles. The van der Waals surface area contributed by atoms with Crippen LogP contribution in [-0.2, 0) is 4.74 Å². The molecule has 110 valence electrons. The minimum Gasteiger partial charge on any atom is -0.460 e. The molecule has 0 heterocycles. The Bertz CT molecular complexity index is 438. The van der Waals surface area contributed by atoms with E-state index in [4.69, 9.17) is 4.74 Å². The highest BCUT2D eigenvalue weighted by atomic mass is 16.5. The van der Waals surface area contributed by atoms with Gasteiger partial charge in [-0.3, -0.25) is 4.90 Å². The van der Waals surface area contributed by atoms with E-state index < -0.39 is 0 Å². The highest BCUT2D eigenvalue weighted by Crippen LogP contribution is 2.37. The molecule has 0 atom stereocenters. The molecule has 0 unspecified atom stereocenters. The van der Waals surface area contributed by atoms with E-state index in [1.165, 1.54) is 6.42 Å². The molecule has 1 aromatic carbocycles. The van der Waals surface area contributed by atoms with Crippen LogP contribution in [0, 0.1) is 5.92 Å². The molecule has 1 fully saturated rings. The lowest BCUT2D eigenvalue weighted by Crippen LogP contribution is -2.56. The number of ether oxygens (including phenoxy) is 1. The number of hydrogen-bond acceptors (Lipinski definition) is 3. The molecular formula is C17H25NO2. The second-order valence-electron chi connectivity index (χ2n) is 6.29. The smallest absolute Gasteiger partial charge is 0.338 e. The van der Waals surface area contributed by atoms with Gasteiger partial charge in [-0.05, 0) is 44.4 Å². The maximum absolute atomic E-state index is 12.0. The summed E-state index contributed by atoms with van der Waals surface area (Å²) in [6.07, 6.45) is 3.47. The maximum Gasteiger partial charge on any atom is 0.338 e. The molecule has 1 aliphatic carbocycles. The first kappa shape index (κ1) is 15.0. The molecule has 1 saturated carbocycles. The fraction of sp³-hybridized carbons (Fsp3) is 0.588. The lowest BCUT2D eigenvalue weighted by molar-refractivity contribution is -0.0339. The van der Waals surface area contributed by atoms with Crippen molar-refractivity contribution >= 4 is 5.97 Å². The molecule has 1 aliphatic rings. The summed E-state index contributed by atoms with van der Waals surface area (Å²) >= 11 is 0. The fourth-order valence-electron chi connectivity index (χ4n) is 2.82.